The van der Waals surface area contributed by atoms with E-state index >= 15 is 0 Å². The molecule has 2 rings (SSSR count). The summed E-state index contributed by atoms with van der Waals surface area (Å²) < 4.78 is 0. The third-order valence-corrected chi connectivity index (χ3v) is 3.92. The van der Waals surface area contributed by atoms with Crippen molar-refractivity contribution in [3.63, 3.8) is 0 Å². The minimum absolute atomic E-state index is 0.0616. The Labute approximate surface area is 115 Å². The highest BCUT2D eigenvalue weighted by Gasteiger charge is 2.29. The summed E-state index contributed by atoms with van der Waals surface area (Å²) in [5.41, 5.74) is 7.27. The van der Waals surface area contributed by atoms with Crippen molar-refractivity contribution in [2.24, 2.45) is 11.7 Å². The van der Waals surface area contributed by atoms with E-state index < -0.39 is 0 Å². The topological polar surface area (TPSA) is 55.1 Å². The molecule has 1 fully saturated rings. The zero-order chi connectivity index (χ0) is 13.7. The van der Waals surface area contributed by atoms with Gasteiger partial charge in [-0.15, -0.1) is 0 Å². The molecule has 1 aromatic rings. The van der Waals surface area contributed by atoms with E-state index in [-0.39, 0.29) is 11.9 Å². The second kappa shape index (κ2) is 6.71. The van der Waals surface area contributed by atoms with Gasteiger partial charge in [0.1, 0.15) is 0 Å². The Bertz CT molecular complexity index is 400. The smallest absolute Gasteiger partial charge is 0.221 e. The molecule has 0 radical (unpaired) electrons. The monoisotopic (exact) mass is 260 g/mol. The molecule has 0 heterocycles. The standard InChI is InChI=1S/C16H24N2O/c1-12(13-5-3-2-4-6-13)9-10-18-16(19)11-15(17)14-7-8-14/h2-6,12,14-15H,7-11,17H2,1H3,(H,18,19). The zero-order valence-electron chi connectivity index (χ0n) is 11.6. The van der Waals surface area contributed by atoms with Gasteiger partial charge in [-0.2, -0.15) is 0 Å². The first-order valence-corrected chi connectivity index (χ1v) is 7.24. The summed E-state index contributed by atoms with van der Waals surface area (Å²) in [6.45, 7) is 2.92. The van der Waals surface area contributed by atoms with E-state index in [1.165, 1.54) is 18.4 Å². The number of amides is 1. The maximum atomic E-state index is 11.7. The SMILES string of the molecule is CC(CCNC(=O)CC(N)C1CC1)c1ccccc1. The second-order valence-electron chi connectivity index (χ2n) is 5.66. The Morgan fingerprint density at radius 2 is 2.05 bits per heavy atom. The average Bonchev–Trinajstić information content (AvgIpc) is 3.24. The number of carbonyl (C=O) groups is 1. The minimum atomic E-state index is 0.0616. The van der Waals surface area contributed by atoms with Gasteiger partial charge < -0.3 is 11.1 Å². The molecule has 3 nitrogen and oxygen atoms in total. The Balaban J connectivity index is 1.64. The summed E-state index contributed by atoms with van der Waals surface area (Å²) in [7, 11) is 0. The Hall–Kier alpha value is -1.35. The molecule has 0 aromatic heterocycles. The number of hydrogen-bond acceptors (Lipinski definition) is 2. The molecule has 1 aliphatic rings. The molecule has 0 saturated heterocycles. The molecule has 104 valence electrons. The summed E-state index contributed by atoms with van der Waals surface area (Å²) in [6, 6.07) is 10.5. The van der Waals surface area contributed by atoms with E-state index in [4.69, 9.17) is 5.73 Å². The summed E-state index contributed by atoms with van der Waals surface area (Å²) in [4.78, 5) is 11.7. The van der Waals surface area contributed by atoms with Crippen LogP contribution in [0.5, 0.6) is 0 Å². The Morgan fingerprint density at radius 1 is 1.37 bits per heavy atom. The molecule has 1 aromatic carbocycles. The van der Waals surface area contributed by atoms with E-state index in [1.807, 2.05) is 6.07 Å². The second-order valence-corrected chi connectivity index (χ2v) is 5.66. The predicted octanol–water partition coefficient (Wildman–Crippen LogP) is 2.42. The number of benzene rings is 1. The molecule has 19 heavy (non-hydrogen) atoms. The van der Waals surface area contributed by atoms with Gasteiger partial charge in [-0.1, -0.05) is 37.3 Å². The first-order chi connectivity index (χ1) is 9.16. The third-order valence-electron chi connectivity index (χ3n) is 3.92. The van der Waals surface area contributed by atoms with Gasteiger partial charge in [-0.05, 0) is 36.7 Å². The minimum Gasteiger partial charge on any atom is -0.356 e. The van der Waals surface area contributed by atoms with E-state index in [9.17, 15) is 4.79 Å². The maximum absolute atomic E-state index is 11.7. The fourth-order valence-electron chi connectivity index (χ4n) is 2.35. The van der Waals surface area contributed by atoms with Crippen molar-refractivity contribution in [3.05, 3.63) is 35.9 Å². The Kier molecular flexibility index (Phi) is 4.97. The van der Waals surface area contributed by atoms with Gasteiger partial charge in [0.15, 0.2) is 0 Å². The quantitative estimate of drug-likeness (QED) is 0.791. The van der Waals surface area contributed by atoms with Crippen LogP contribution in [0.3, 0.4) is 0 Å². The summed E-state index contributed by atoms with van der Waals surface area (Å²) >= 11 is 0. The highest BCUT2D eigenvalue weighted by atomic mass is 16.1. The third kappa shape index (κ3) is 4.67. The number of hydrogen-bond donors (Lipinski definition) is 2. The molecule has 0 spiro atoms. The number of rotatable bonds is 7. The van der Waals surface area contributed by atoms with Gasteiger partial charge in [-0.3, -0.25) is 4.79 Å². The largest absolute Gasteiger partial charge is 0.356 e. The molecule has 1 aliphatic carbocycles. The molecular weight excluding hydrogens is 236 g/mol. The highest BCUT2D eigenvalue weighted by Crippen LogP contribution is 2.32. The lowest BCUT2D eigenvalue weighted by Gasteiger charge is -2.14. The molecule has 3 heteroatoms. The van der Waals surface area contributed by atoms with Crippen LogP contribution >= 0.6 is 0 Å². The van der Waals surface area contributed by atoms with Gasteiger partial charge in [-0.25, -0.2) is 0 Å². The van der Waals surface area contributed by atoms with E-state index in [0.717, 1.165) is 13.0 Å². The van der Waals surface area contributed by atoms with Crippen LogP contribution < -0.4 is 11.1 Å². The highest BCUT2D eigenvalue weighted by molar-refractivity contribution is 5.76. The molecule has 0 aliphatic heterocycles. The fourth-order valence-corrected chi connectivity index (χ4v) is 2.35. The van der Waals surface area contributed by atoms with Crippen LogP contribution in [0.2, 0.25) is 0 Å². The van der Waals surface area contributed by atoms with Crippen molar-refractivity contribution in [3.8, 4) is 0 Å². The lowest BCUT2D eigenvalue weighted by atomic mass is 9.98. The van der Waals surface area contributed by atoms with Crippen LogP contribution in [0.1, 0.15) is 44.1 Å². The normalized spacial score (nSPS) is 17.8. The van der Waals surface area contributed by atoms with Crippen LogP contribution in [0, 0.1) is 5.92 Å². The maximum Gasteiger partial charge on any atom is 0.221 e. The van der Waals surface area contributed by atoms with Crippen LogP contribution in [0.25, 0.3) is 0 Å². The average molecular weight is 260 g/mol. The first-order valence-electron chi connectivity index (χ1n) is 7.24. The zero-order valence-corrected chi connectivity index (χ0v) is 11.6. The lowest BCUT2D eigenvalue weighted by Crippen LogP contribution is -2.33. The van der Waals surface area contributed by atoms with Crippen LogP contribution in [0.15, 0.2) is 30.3 Å². The molecule has 1 saturated carbocycles. The lowest BCUT2D eigenvalue weighted by molar-refractivity contribution is -0.121. The number of nitrogens with two attached hydrogens (primary N) is 1. The van der Waals surface area contributed by atoms with Crippen molar-refractivity contribution >= 4 is 5.91 Å². The van der Waals surface area contributed by atoms with Crippen molar-refractivity contribution in [2.45, 2.75) is 44.6 Å². The van der Waals surface area contributed by atoms with Gasteiger partial charge >= 0.3 is 0 Å². The summed E-state index contributed by atoms with van der Waals surface area (Å²) in [5.74, 6) is 1.16. The van der Waals surface area contributed by atoms with Crippen LogP contribution in [0.4, 0.5) is 0 Å². The molecular formula is C16H24N2O. The van der Waals surface area contributed by atoms with Crippen molar-refractivity contribution < 1.29 is 4.79 Å². The van der Waals surface area contributed by atoms with Crippen LogP contribution in [-0.2, 0) is 4.79 Å². The summed E-state index contributed by atoms with van der Waals surface area (Å²) in [6.07, 6.45) is 3.83. The molecule has 1 amide bonds. The fraction of sp³-hybridized carbons (Fsp3) is 0.562. The van der Waals surface area contributed by atoms with Gasteiger partial charge in [0.05, 0.1) is 0 Å². The van der Waals surface area contributed by atoms with Crippen molar-refractivity contribution in [2.75, 3.05) is 6.54 Å². The van der Waals surface area contributed by atoms with Gasteiger partial charge in [0.2, 0.25) is 5.91 Å². The van der Waals surface area contributed by atoms with Gasteiger partial charge in [0, 0.05) is 19.0 Å². The molecule has 0 bridgehead atoms. The Morgan fingerprint density at radius 3 is 2.68 bits per heavy atom. The van der Waals surface area contributed by atoms with E-state index in [0.29, 0.717) is 18.3 Å². The first kappa shape index (κ1) is 14.1. The van der Waals surface area contributed by atoms with E-state index in [2.05, 4.69) is 36.5 Å². The molecule has 2 atom stereocenters. The van der Waals surface area contributed by atoms with Crippen LogP contribution in [-0.4, -0.2) is 18.5 Å². The summed E-state index contributed by atoms with van der Waals surface area (Å²) in [5, 5.41) is 2.98. The van der Waals surface area contributed by atoms with Crippen molar-refractivity contribution in [1.29, 1.82) is 0 Å². The molecule has 3 N–H and O–H groups in total. The van der Waals surface area contributed by atoms with E-state index in [1.54, 1.807) is 0 Å². The van der Waals surface area contributed by atoms with Gasteiger partial charge in [0.25, 0.3) is 0 Å². The van der Waals surface area contributed by atoms with Crippen molar-refractivity contribution in [1.82, 2.24) is 5.32 Å². The number of nitrogens with one attached hydrogen (secondary N) is 1. The predicted molar refractivity (Wildman–Crippen MR) is 77.8 cm³/mol. The molecule has 2 unspecified atom stereocenters. The number of carbonyl (C=O) groups excluding carboxylic acids is 1.